The molecule has 0 aliphatic carbocycles. The maximum absolute atomic E-state index is 10.1. The van der Waals surface area contributed by atoms with Crippen molar-refractivity contribution in [3.63, 3.8) is 0 Å². The molecule has 1 fully saturated rings. The van der Waals surface area contributed by atoms with E-state index in [0.29, 0.717) is 13.1 Å². The lowest BCUT2D eigenvalue weighted by atomic mass is 10.2. The topological polar surface area (TPSA) is 77.3 Å². The number of nitrogens with one attached hydrogen (secondary N) is 2. The normalized spacial score (nSPS) is 17.2. The summed E-state index contributed by atoms with van der Waals surface area (Å²) in [6.07, 6.45) is 3.97. The Labute approximate surface area is 130 Å². The van der Waals surface area contributed by atoms with Crippen LogP contribution < -0.4 is 5.32 Å². The molecule has 0 aromatic carbocycles. The van der Waals surface area contributed by atoms with E-state index in [9.17, 15) is 5.11 Å². The summed E-state index contributed by atoms with van der Waals surface area (Å²) in [5.74, 6) is 1.67. The smallest absolute Gasteiger partial charge is 0.152 e. The van der Waals surface area contributed by atoms with Crippen molar-refractivity contribution in [2.45, 2.75) is 32.4 Å². The minimum atomic E-state index is -0.334. The van der Waals surface area contributed by atoms with Crippen LogP contribution in [0.1, 0.15) is 24.2 Å². The van der Waals surface area contributed by atoms with Crippen LogP contribution in [0.15, 0.2) is 22.7 Å². The van der Waals surface area contributed by atoms with Crippen LogP contribution in [0.3, 0.4) is 0 Å². The number of H-pyrrole nitrogens is 1. The van der Waals surface area contributed by atoms with Crippen molar-refractivity contribution in [1.82, 2.24) is 20.4 Å². The van der Waals surface area contributed by atoms with Gasteiger partial charge in [-0.2, -0.15) is 5.10 Å². The molecule has 0 spiro atoms. The highest BCUT2D eigenvalue weighted by molar-refractivity contribution is 5.56. The minimum Gasteiger partial charge on any atom is -0.460 e. The molecule has 1 aliphatic heterocycles. The average Bonchev–Trinajstić information content (AvgIpc) is 3.20. The molecule has 22 heavy (non-hydrogen) atoms. The average molecular weight is 304 g/mol. The van der Waals surface area contributed by atoms with Gasteiger partial charge in [0.05, 0.1) is 12.3 Å². The van der Waals surface area contributed by atoms with Gasteiger partial charge in [0, 0.05) is 25.2 Å². The van der Waals surface area contributed by atoms with Gasteiger partial charge < -0.3 is 19.7 Å². The third-order valence-corrected chi connectivity index (χ3v) is 4.07. The molecule has 1 saturated heterocycles. The fraction of sp³-hybridized carbons (Fsp3) is 0.562. The summed E-state index contributed by atoms with van der Waals surface area (Å²) >= 11 is 0. The van der Waals surface area contributed by atoms with Crippen molar-refractivity contribution >= 4 is 0 Å². The quantitative estimate of drug-likeness (QED) is 0.723. The van der Waals surface area contributed by atoms with Crippen molar-refractivity contribution < 1.29 is 9.52 Å². The lowest BCUT2D eigenvalue weighted by Crippen LogP contribution is -2.36. The number of nitrogens with zero attached hydrogens (tertiary/aromatic N) is 2. The lowest BCUT2D eigenvalue weighted by molar-refractivity contribution is 0.123. The Kier molecular flexibility index (Phi) is 4.92. The van der Waals surface area contributed by atoms with E-state index < -0.39 is 0 Å². The van der Waals surface area contributed by atoms with Crippen LogP contribution >= 0.6 is 0 Å². The summed E-state index contributed by atoms with van der Waals surface area (Å²) in [5, 5.41) is 20.5. The van der Waals surface area contributed by atoms with Gasteiger partial charge in [-0.05, 0) is 45.0 Å². The molecule has 0 amide bonds. The summed E-state index contributed by atoms with van der Waals surface area (Å²) in [4.78, 5) is 2.32. The maximum atomic E-state index is 10.1. The van der Waals surface area contributed by atoms with Gasteiger partial charge >= 0.3 is 0 Å². The Balaban J connectivity index is 1.48. The van der Waals surface area contributed by atoms with Crippen LogP contribution in [0.5, 0.6) is 0 Å². The molecule has 1 unspecified atom stereocenters. The molecule has 3 heterocycles. The highest BCUT2D eigenvalue weighted by Crippen LogP contribution is 2.23. The first-order valence-corrected chi connectivity index (χ1v) is 7.92. The third kappa shape index (κ3) is 3.76. The first-order valence-electron chi connectivity index (χ1n) is 7.92. The second-order valence-electron chi connectivity index (χ2n) is 5.97. The lowest BCUT2D eigenvalue weighted by Gasteiger charge is -2.19. The Morgan fingerprint density at radius 2 is 2.23 bits per heavy atom. The largest absolute Gasteiger partial charge is 0.460 e. The SMILES string of the molecule is Cc1ccc(-c2[nH]ncc2CNCC(O)CN2CCCC2)o1. The molecule has 1 atom stereocenters. The number of aromatic nitrogens is 2. The molecule has 0 saturated carbocycles. The van der Waals surface area contributed by atoms with Gasteiger partial charge in [0.1, 0.15) is 11.5 Å². The number of β-amino-alcohol motifs (C(OH)–C–C–N with tert-alkyl or cyclic N) is 1. The molecular formula is C16H24N4O2. The van der Waals surface area contributed by atoms with Gasteiger partial charge in [-0.15, -0.1) is 0 Å². The molecule has 1 aliphatic rings. The molecule has 2 aromatic rings. The van der Waals surface area contributed by atoms with Gasteiger partial charge in [0.2, 0.25) is 0 Å². The standard InChI is InChI=1S/C16H24N4O2/c1-12-4-5-15(22-12)16-13(9-18-19-16)8-17-10-14(21)11-20-6-2-3-7-20/h4-5,9,14,17,21H,2-3,6-8,10-11H2,1H3,(H,18,19). The predicted octanol–water partition coefficient (Wildman–Crippen LogP) is 1.52. The van der Waals surface area contributed by atoms with Gasteiger partial charge in [0.15, 0.2) is 5.76 Å². The van der Waals surface area contributed by atoms with E-state index in [1.165, 1.54) is 12.8 Å². The fourth-order valence-electron chi connectivity index (χ4n) is 2.93. The Morgan fingerprint density at radius 1 is 1.41 bits per heavy atom. The van der Waals surface area contributed by atoms with Crippen LogP contribution in [-0.4, -0.2) is 52.5 Å². The first kappa shape index (κ1) is 15.3. The zero-order chi connectivity index (χ0) is 15.4. The van der Waals surface area contributed by atoms with Gasteiger partial charge in [-0.3, -0.25) is 5.10 Å². The number of furan rings is 1. The van der Waals surface area contributed by atoms with Crippen molar-refractivity contribution in [1.29, 1.82) is 0 Å². The van der Waals surface area contributed by atoms with Crippen LogP contribution in [0.4, 0.5) is 0 Å². The number of hydrogen-bond donors (Lipinski definition) is 3. The number of aromatic amines is 1. The summed E-state index contributed by atoms with van der Waals surface area (Å²) in [7, 11) is 0. The van der Waals surface area contributed by atoms with E-state index in [-0.39, 0.29) is 6.10 Å². The summed E-state index contributed by atoms with van der Waals surface area (Å²) < 4.78 is 5.63. The number of aliphatic hydroxyl groups is 1. The minimum absolute atomic E-state index is 0.334. The molecule has 2 aromatic heterocycles. The molecule has 0 radical (unpaired) electrons. The van der Waals surface area contributed by atoms with Crippen LogP contribution in [0.2, 0.25) is 0 Å². The van der Waals surface area contributed by atoms with Crippen molar-refractivity contribution in [3.8, 4) is 11.5 Å². The molecule has 120 valence electrons. The van der Waals surface area contributed by atoms with E-state index in [1.807, 2.05) is 19.1 Å². The zero-order valence-electron chi connectivity index (χ0n) is 13.0. The van der Waals surface area contributed by atoms with E-state index in [1.54, 1.807) is 6.20 Å². The van der Waals surface area contributed by atoms with Crippen molar-refractivity contribution in [2.24, 2.45) is 0 Å². The van der Waals surface area contributed by atoms with E-state index in [4.69, 9.17) is 4.42 Å². The number of aliphatic hydroxyl groups excluding tert-OH is 1. The van der Waals surface area contributed by atoms with Crippen LogP contribution in [0, 0.1) is 6.92 Å². The van der Waals surface area contributed by atoms with E-state index >= 15 is 0 Å². The Bertz CT molecular complexity index is 586. The molecule has 6 heteroatoms. The number of aryl methyl sites for hydroxylation is 1. The zero-order valence-corrected chi connectivity index (χ0v) is 13.0. The Morgan fingerprint density at radius 3 is 2.95 bits per heavy atom. The van der Waals surface area contributed by atoms with Gasteiger partial charge in [-0.1, -0.05) is 0 Å². The second-order valence-corrected chi connectivity index (χ2v) is 5.97. The fourth-order valence-corrected chi connectivity index (χ4v) is 2.93. The van der Waals surface area contributed by atoms with E-state index in [2.05, 4.69) is 20.4 Å². The molecule has 3 N–H and O–H groups in total. The summed E-state index contributed by atoms with van der Waals surface area (Å²) in [6.45, 7) is 6.14. The Hall–Kier alpha value is -1.63. The second kappa shape index (κ2) is 7.09. The van der Waals surface area contributed by atoms with Crippen molar-refractivity contribution in [3.05, 3.63) is 29.7 Å². The number of likely N-dealkylation sites (tertiary alicyclic amines) is 1. The highest BCUT2D eigenvalue weighted by Gasteiger charge is 2.16. The molecule has 3 rings (SSSR count). The van der Waals surface area contributed by atoms with Gasteiger partial charge in [-0.25, -0.2) is 0 Å². The monoisotopic (exact) mass is 304 g/mol. The maximum Gasteiger partial charge on any atom is 0.152 e. The highest BCUT2D eigenvalue weighted by atomic mass is 16.3. The van der Waals surface area contributed by atoms with E-state index in [0.717, 1.165) is 42.4 Å². The predicted molar refractivity (Wildman–Crippen MR) is 84.4 cm³/mol. The molecule has 0 bridgehead atoms. The number of hydrogen-bond acceptors (Lipinski definition) is 5. The summed E-state index contributed by atoms with van der Waals surface area (Å²) in [6, 6.07) is 3.88. The third-order valence-electron chi connectivity index (χ3n) is 4.07. The molecule has 6 nitrogen and oxygen atoms in total. The van der Waals surface area contributed by atoms with Gasteiger partial charge in [0.25, 0.3) is 0 Å². The summed E-state index contributed by atoms with van der Waals surface area (Å²) in [5.41, 5.74) is 1.94. The number of rotatable bonds is 7. The van der Waals surface area contributed by atoms with Crippen molar-refractivity contribution in [2.75, 3.05) is 26.2 Å². The van der Waals surface area contributed by atoms with Crippen LogP contribution in [-0.2, 0) is 6.54 Å². The molecular weight excluding hydrogens is 280 g/mol. The van der Waals surface area contributed by atoms with Crippen LogP contribution in [0.25, 0.3) is 11.5 Å². The first-order chi connectivity index (χ1) is 10.7.